The van der Waals surface area contributed by atoms with Gasteiger partial charge in [0.1, 0.15) is 7.14 Å². The first kappa shape index (κ1) is 12.9. The highest BCUT2D eigenvalue weighted by molar-refractivity contribution is 7.72. The van der Waals surface area contributed by atoms with Crippen LogP contribution in [0.2, 0.25) is 0 Å². The molecule has 0 aromatic heterocycles. The lowest BCUT2D eigenvalue weighted by molar-refractivity contribution is 0.486. The quantitative estimate of drug-likeness (QED) is 0.723. The van der Waals surface area contributed by atoms with Crippen LogP contribution in [0, 0.1) is 0 Å². The maximum atomic E-state index is 13.4. The minimum Gasteiger partial charge on any atom is -0.318 e. The van der Waals surface area contributed by atoms with Crippen molar-refractivity contribution in [2.45, 2.75) is 51.1 Å². The molecule has 0 radical (unpaired) electrons. The topological polar surface area (TPSA) is 17.1 Å². The van der Waals surface area contributed by atoms with Crippen molar-refractivity contribution < 1.29 is 4.57 Å². The van der Waals surface area contributed by atoms with Crippen molar-refractivity contribution in [2.24, 2.45) is 0 Å². The molecular formula is C15H23OP. The highest BCUT2D eigenvalue weighted by Gasteiger charge is 2.34. The molecule has 94 valence electrons. The summed E-state index contributed by atoms with van der Waals surface area (Å²) in [7, 11) is -2.15. The van der Waals surface area contributed by atoms with Crippen LogP contribution in [0.5, 0.6) is 0 Å². The van der Waals surface area contributed by atoms with E-state index in [-0.39, 0.29) is 0 Å². The number of rotatable bonds is 4. The SMILES string of the molecule is CCC[P@@](=O)(c1ccccc1)C1CCCCC1. The first-order valence-corrected chi connectivity index (χ1v) is 8.88. The molecule has 0 aliphatic heterocycles. The van der Waals surface area contributed by atoms with Gasteiger partial charge in [0.15, 0.2) is 0 Å². The van der Waals surface area contributed by atoms with Gasteiger partial charge in [0.2, 0.25) is 0 Å². The molecule has 2 heteroatoms. The van der Waals surface area contributed by atoms with E-state index >= 15 is 0 Å². The van der Waals surface area contributed by atoms with Crippen LogP contribution in [0.3, 0.4) is 0 Å². The van der Waals surface area contributed by atoms with Gasteiger partial charge < -0.3 is 4.57 Å². The van der Waals surface area contributed by atoms with E-state index < -0.39 is 7.14 Å². The summed E-state index contributed by atoms with van der Waals surface area (Å²) in [6.45, 7) is 2.15. The Labute approximate surface area is 105 Å². The predicted octanol–water partition coefficient (Wildman–Crippen LogP) is 4.42. The van der Waals surface area contributed by atoms with Crippen LogP contribution < -0.4 is 5.30 Å². The minimum absolute atomic E-state index is 0.457. The van der Waals surface area contributed by atoms with E-state index in [1.807, 2.05) is 18.2 Å². The van der Waals surface area contributed by atoms with Gasteiger partial charge in [-0.25, -0.2) is 0 Å². The average molecular weight is 250 g/mol. The third-order valence-electron chi connectivity index (χ3n) is 3.91. The van der Waals surface area contributed by atoms with Crippen molar-refractivity contribution in [3.8, 4) is 0 Å². The molecule has 0 bridgehead atoms. The molecule has 1 fully saturated rings. The standard InChI is InChI=1S/C15H23OP/c1-2-13-17(16,14-9-5-3-6-10-14)15-11-7-4-8-12-15/h3,5-6,9-10,15H,2,4,7-8,11-13H2,1H3/t17-/m1/s1. The van der Waals surface area contributed by atoms with Crippen molar-refractivity contribution >= 4 is 12.4 Å². The van der Waals surface area contributed by atoms with Gasteiger partial charge in [0, 0.05) is 17.1 Å². The molecule has 0 unspecified atom stereocenters. The van der Waals surface area contributed by atoms with E-state index in [0.717, 1.165) is 17.9 Å². The van der Waals surface area contributed by atoms with E-state index in [9.17, 15) is 4.57 Å². The summed E-state index contributed by atoms with van der Waals surface area (Å²) in [4.78, 5) is 0. The van der Waals surface area contributed by atoms with E-state index in [2.05, 4.69) is 19.1 Å². The second-order valence-corrected chi connectivity index (χ2v) is 8.43. The van der Waals surface area contributed by atoms with E-state index in [1.54, 1.807) is 0 Å². The van der Waals surface area contributed by atoms with Crippen LogP contribution in [-0.2, 0) is 4.57 Å². The summed E-state index contributed by atoms with van der Waals surface area (Å²) in [6.07, 6.45) is 8.14. The van der Waals surface area contributed by atoms with Gasteiger partial charge in [-0.15, -0.1) is 0 Å². The maximum Gasteiger partial charge on any atom is 0.118 e. The molecule has 1 saturated carbocycles. The third-order valence-corrected chi connectivity index (χ3v) is 7.89. The Balaban J connectivity index is 2.28. The Hall–Kier alpha value is -0.550. The van der Waals surface area contributed by atoms with Gasteiger partial charge in [-0.3, -0.25) is 0 Å². The van der Waals surface area contributed by atoms with Crippen molar-refractivity contribution in [1.82, 2.24) is 0 Å². The summed E-state index contributed by atoms with van der Waals surface area (Å²) < 4.78 is 13.4. The lowest BCUT2D eigenvalue weighted by atomic mass is 10.0. The smallest absolute Gasteiger partial charge is 0.118 e. The van der Waals surface area contributed by atoms with Crippen LogP contribution in [-0.4, -0.2) is 11.8 Å². The van der Waals surface area contributed by atoms with Crippen molar-refractivity contribution in [1.29, 1.82) is 0 Å². The molecule has 1 nitrogen and oxygen atoms in total. The van der Waals surface area contributed by atoms with Crippen LogP contribution in [0.15, 0.2) is 30.3 Å². The molecule has 0 spiro atoms. The molecule has 17 heavy (non-hydrogen) atoms. The van der Waals surface area contributed by atoms with E-state index in [4.69, 9.17) is 0 Å². The predicted molar refractivity (Wildman–Crippen MR) is 75.7 cm³/mol. The number of hydrogen-bond donors (Lipinski definition) is 0. The Morgan fingerprint density at radius 3 is 2.35 bits per heavy atom. The molecular weight excluding hydrogens is 227 g/mol. The summed E-state index contributed by atoms with van der Waals surface area (Å²) >= 11 is 0. The monoisotopic (exact) mass is 250 g/mol. The van der Waals surface area contributed by atoms with Crippen molar-refractivity contribution in [3.05, 3.63) is 30.3 Å². The number of hydrogen-bond acceptors (Lipinski definition) is 1. The first-order chi connectivity index (χ1) is 8.27. The molecule has 0 heterocycles. The third kappa shape index (κ3) is 2.83. The molecule has 2 rings (SSSR count). The second kappa shape index (κ2) is 5.87. The molecule has 0 N–H and O–H groups in total. The molecule has 0 amide bonds. The largest absolute Gasteiger partial charge is 0.318 e. The first-order valence-electron chi connectivity index (χ1n) is 6.91. The zero-order valence-corrected chi connectivity index (χ0v) is 11.7. The zero-order chi connectivity index (χ0) is 12.1. The molecule has 1 atom stereocenters. The van der Waals surface area contributed by atoms with Gasteiger partial charge >= 0.3 is 0 Å². The normalized spacial score (nSPS) is 21.0. The van der Waals surface area contributed by atoms with Gasteiger partial charge in [-0.05, 0) is 19.3 Å². The van der Waals surface area contributed by atoms with E-state index in [0.29, 0.717) is 5.66 Å². The number of benzene rings is 1. The Bertz CT molecular complexity index is 379. The van der Waals surface area contributed by atoms with Crippen molar-refractivity contribution in [3.63, 3.8) is 0 Å². The van der Waals surface area contributed by atoms with Crippen LogP contribution >= 0.6 is 7.14 Å². The Kier molecular flexibility index (Phi) is 4.45. The molecule has 1 aromatic carbocycles. The highest BCUT2D eigenvalue weighted by atomic mass is 31.2. The highest BCUT2D eigenvalue weighted by Crippen LogP contribution is 2.54. The lowest BCUT2D eigenvalue weighted by Gasteiger charge is -2.31. The Morgan fingerprint density at radius 1 is 1.12 bits per heavy atom. The summed E-state index contributed by atoms with van der Waals surface area (Å²) in [5, 5.41) is 1.12. The Morgan fingerprint density at radius 2 is 1.76 bits per heavy atom. The second-order valence-electron chi connectivity index (χ2n) is 5.15. The lowest BCUT2D eigenvalue weighted by Crippen LogP contribution is -2.22. The minimum atomic E-state index is -2.15. The van der Waals surface area contributed by atoms with Gasteiger partial charge in [0.25, 0.3) is 0 Å². The molecule has 1 aromatic rings. The fourth-order valence-corrected chi connectivity index (χ4v) is 6.62. The fraction of sp³-hybridized carbons (Fsp3) is 0.600. The summed E-state index contributed by atoms with van der Waals surface area (Å²) in [5.74, 6) is 0. The van der Waals surface area contributed by atoms with Gasteiger partial charge in [0.05, 0.1) is 0 Å². The summed E-state index contributed by atoms with van der Waals surface area (Å²) in [5.41, 5.74) is 0.457. The molecule has 1 aliphatic rings. The molecule has 1 aliphatic carbocycles. The van der Waals surface area contributed by atoms with Crippen LogP contribution in [0.1, 0.15) is 45.4 Å². The van der Waals surface area contributed by atoms with Crippen LogP contribution in [0.25, 0.3) is 0 Å². The summed E-state index contributed by atoms with van der Waals surface area (Å²) in [6, 6.07) is 10.2. The van der Waals surface area contributed by atoms with Gasteiger partial charge in [-0.2, -0.15) is 0 Å². The van der Waals surface area contributed by atoms with Gasteiger partial charge in [-0.1, -0.05) is 56.5 Å². The maximum absolute atomic E-state index is 13.4. The average Bonchev–Trinajstić information content (AvgIpc) is 2.41. The zero-order valence-electron chi connectivity index (χ0n) is 10.8. The fourth-order valence-electron chi connectivity index (χ4n) is 3.03. The molecule has 0 saturated heterocycles. The van der Waals surface area contributed by atoms with E-state index in [1.165, 1.54) is 32.1 Å². The van der Waals surface area contributed by atoms with Crippen molar-refractivity contribution in [2.75, 3.05) is 6.16 Å². The van der Waals surface area contributed by atoms with Crippen LogP contribution in [0.4, 0.5) is 0 Å².